The molecule has 1 nitrogen and oxygen atoms in total. The fourth-order valence-corrected chi connectivity index (χ4v) is 2.08. The molecule has 1 aliphatic carbocycles. The molecule has 0 fully saturated rings. The van der Waals surface area contributed by atoms with Gasteiger partial charge in [0, 0.05) is 6.61 Å². The van der Waals surface area contributed by atoms with E-state index < -0.39 is 12.8 Å². The molecular formula is C11H16ClF3O. The average Bonchev–Trinajstić information content (AvgIpc) is 2.15. The van der Waals surface area contributed by atoms with Crippen LogP contribution >= 0.6 is 11.6 Å². The smallest absolute Gasteiger partial charge is 0.372 e. The van der Waals surface area contributed by atoms with E-state index in [0.29, 0.717) is 6.42 Å². The van der Waals surface area contributed by atoms with Gasteiger partial charge in [-0.3, -0.25) is 0 Å². The number of rotatable bonds is 5. The lowest BCUT2D eigenvalue weighted by Crippen LogP contribution is -2.17. The van der Waals surface area contributed by atoms with Crippen LogP contribution in [0.5, 0.6) is 0 Å². The van der Waals surface area contributed by atoms with Gasteiger partial charge in [-0.05, 0) is 32.1 Å². The molecular weight excluding hydrogens is 241 g/mol. The van der Waals surface area contributed by atoms with Gasteiger partial charge in [0.05, 0.1) is 5.38 Å². The topological polar surface area (TPSA) is 9.23 Å². The number of alkyl halides is 4. The van der Waals surface area contributed by atoms with Crippen molar-refractivity contribution in [3.63, 3.8) is 0 Å². The predicted molar refractivity (Wildman–Crippen MR) is 57.7 cm³/mol. The summed E-state index contributed by atoms with van der Waals surface area (Å²) in [5.41, 5.74) is 1.25. The quantitative estimate of drug-likeness (QED) is 0.409. The summed E-state index contributed by atoms with van der Waals surface area (Å²) in [6.07, 6.45) is 2.31. The summed E-state index contributed by atoms with van der Waals surface area (Å²) in [5, 5.41) is 0.0971. The Kier molecular flexibility index (Phi) is 5.62. The fourth-order valence-electron chi connectivity index (χ4n) is 1.74. The Morgan fingerprint density at radius 3 is 2.81 bits per heavy atom. The molecule has 0 radical (unpaired) electrons. The Balaban J connectivity index is 2.07. The van der Waals surface area contributed by atoms with Crippen molar-refractivity contribution in [1.29, 1.82) is 0 Å². The second kappa shape index (κ2) is 6.50. The van der Waals surface area contributed by atoms with Crippen molar-refractivity contribution in [3.8, 4) is 0 Å². The van der Waals surface area contributed by atoms with Crippen LogP contribution in [0.25, 0.3) is 0 Å². The number of hydrogen-bond acceptors (Lipinski definition) is 1. The Labute approximate surface area is 98.6 Å². The minimum absolute atomic E-state index is 0.0971. The van der Waals surface area contributed by atoms with Crippen LogP contribution in [0.3, 0.4) is 0 Å². The van der Waals surface area contributed by atoms with E-state index in [-0.39, 0.29) is 12.0 Å². The second-order valence-corrected chi connectivity index (χ2v) is 4.57. The summed E-state index contributed by atoms with van der Waals surface area (Å²) < 4.78 is 39.7. The summed E-state index contributed by atoms with van der Waals surface area (Å²) >= 11 is 5.95. The normalized spacial score (nSPS) is 22.0. The van der Waals surface area contributed by atoms with Gasteiger partial charge in [0.1, 0.15) is 6.61 Å². The molecule has 0 heterocycles. The van der Waals surface area contributed by atoms with Crippen molar-refractivity contribution in [1.82, 2.24) is 0 Å². The van der Waals surface area contributed by atoms with Crippen LogP contribution in [0, 0.1) is 0 Å². The maximum Gasteiger partial charge on any atom is 0.411 e. The first-order valence-electron chi connectivity index (χ1n) is 5.45. The molecule has 0 aromatic carbocycles. The Morgan fingerprint density at radius 2 is 2.19 bits per heavy atom. The molecule has 1 rings (SSSR count). The number of ether oxygens (including phenoxy) is 1. The number of halogens is 4. The predicted octanol–water partition coefficient (Wildman–Crippen LogP) is 4.06. The highest BCUT2D eigenvalue weighted by atomic mass is 35.5. The molecule has 0 saturated carbocycles. The summed E-state index contributed by atoms with van der Waals surface area (Å²) in [4.78, 5) is 0. The second-order valence-electron chi connectivity index (χ2n) is 4.00. The Bertz CT molecular complexity index is 238. The largest absolute Gasteiger partial charge is 0.411 e. The van der Waals surface area contributed by atoms with Crippen LogP contribution in [-0.2, 0) is 4.74 Å². The fraction of sp³-hybridized carbons (Fsp3) is 0.818. The van der Waals surface area contributed by atoms with Gasteiger partial charge in [-0.25, -0.2) is 0 Å². The molecule has 1 unspecified atom stereocenters. The van der Waals surface area contributed by atoms with Crippen LogP contribution < -0.4 is 0 Å². The Hall–Kier alpha value is -0.220. The van der Waals surface area contributed by atoms with Crippen LogP contribution in [0.1, 0.15) is 32.1 Å². The molecule has 0 amide bonds. The molecule has 0 saturated heterocycles. The van der Waals surface area contributed by atoms with Crippen LogP contribution in [0.4, 0.5) is 13.2 Å². The van der Waals surface area contributed by atoms with Crippen molar-refractivity contribution in [2.75, 3.05) is 13.2 Å². The SMILES string of the molecule is FC(F)(F)COCCCC1=CC(Cl)CCC1. The molecule has 0 spiro atoms. The van der Waals surface area contributed by atoms with Crippen LogP contribution in [-0.4, -0.2) is 24.8 Å². The maximum absolute atomic E-state index is 11.7. The number of hydrogen-bond donors (Lipinski definition) is 0. The van der Waals surface area contributed by atoms with E-state index >= 15 is 0 Å². The first-order valence-corrected chi connectivity index (χ1v) is 5.89. The molecule has 1 aliphatic rings. The number of allylic oxidation sites excluding steroid dienone is 2. The van der Waals surface area contributed by atoms with Gasteiger partial charge in [0.15, 0.2) is 0 Å². The van der Waals surface area contributed by atoms with Crippen LogP contribution in [0.2, 0.25) is 0 Å². The van der Waals surface area contributed by atoms with Crippen molar-refractivity contribution in [2.45, 2.75) is 43.7 Å². The molecule has 0 N–H and O–H groups in total. The zero-order chi connectivity index (χ0) is 12.0. The summed E-state index contributed by atoms with van der Waals surface area (Å²) in [6, 6.07) is 0. The van der Waals surface area contributed by atoms with Crippen molar-refractivity contribution in [2.24, 2.45) is 0 Å². The summed E-state index contributed by atoms with van der Waals surface area (Å²) in [6.45, 7) is -0.992. The van der Waals surface area contributed by atoms with E-state index in [0.717, 1.165) is 25.7 Å². The third-order valence-electron chi connectivity index (χ3n) is 2.45. The van der Waals surface area contributed by atoms with Gasteiger partial charge in [-0.1, -0.05) is 11.6 Å². The standard InChI is InChI=1S/C11H16ClF3O/c12-10-5-1-3-9(7-10)4-2-6-16-8-11(13,14)15/h7,10H,1-6,8H2. The lowest BCUT2D eigenvalue weighted by molar-refractivity contribution is -0.174. The monoisotopic (exact) mass is 256 g/mol. The van der Waals surface area contributed by atoms with E-state index in [2.05, 4.69) is 4.74 Å². The van der Waals surface area contributed by atoms with E-state index in [1.807, 2.05) is 6.08 Å². The first-order chi connectivity index (χ1) is 7.47. The molecule has 16 heavy (non-hydrogen) atoms. The lowest BCUT2D eigenvalue weighted by atomic mass is 9.96. The van der Waals surface area contributed by atoms with E-state index in [1.165, 1.54) is 5.57 Å². The van der Waals surface area contributed by atoms with Gasteiger partial charge < -0.3 is 4.74 Å². The summed E-state index contributed by atoms with van der Waals surface area (Å²) in [7, 11) is 0. The third-order valence-corrected chi connectivity index (χ3v) is 2.79. The molecule has 0 aromatic rings. The molecule has 1 atom stereocenters. The summed E-state index contributed by atoms with van der Waals surface area (Å²) in [5.74, 6) is 0. The minimum atomic E-state index is -4.22. The maximum atomic E-state index is 11.7. The zero-order valence-corrected chi connectivity index (χ0v) is 9.78. The van der Waals surface area contributed by atoms with E-state index in [1.54, 1.807) is 0 Å². The molecule has 0 bridgehead atoms. The highest BCUT2D eigenvalue weighted by molar-refractivity contribution is 6.21. The van der Waals surface area contributed by atoms with E-state index in [9.17, 15) is 13.2 Å². The molecule has 94 valence electrons. The Morgan fingerprint density at radius 1 is 1.44 bits per heavy atom. The highest BCUT2D eigenvalue weighted by Crippen LogP contribution is 2.24. The van der Waals surface area contributed by atoms with Gasteiger partial charge in [-0.15, -0.1) is 11.6 Å². The molecule has 0 aromatic heterocycles. The highest BCUT2D eigenvalue weighted by Gasteiger charge is 2.27. The third kappa shape index (κ3) is 6.38. The average molecular weight is 257 g/mol. The zero-order valence-electron chi connectivity index (χ0n) is 9.02. The van der Waals surface area contributed by atoms with Crippen LogP contribution in [0.15, 0.2) is 11.6 Å². The van der Waals surface area contributed by atoms with Crippen molar-refractivity contribution < 1.29 is 17.9 Å². The first kappa shape index (κ1) is 13.8. The van der Waals surface area contributed by atoms with Gasteiger partial charge in [0.25, 0.3) is 0 Å². The van der Waals surface area contributed by atoms with Crippen molar-refractivity contribution >= 4 is 11.6 Å². The lowest BCUT2D eigenvalue weighted by Gasteiger charge is -2.16. The molecule has 0 aliphatic heterocycles. The van der Waals surface area contributed by atoms with Crippen molar-refractivity contribution in [3.05, 3.63) is 11.6 Å². The van der Waals surface area contributed by atoms with E-state index in [4.69, 9.17) is 11.6 Å². The van der Waals surface area contributed by atoms with Gasteiger partial charge in [0.2, 0.25) is 0 Å². The molecule has 5 heteroatoms. The van der Waals surface area contributed by atoms with Gasteiger partial charge in [-0.2, -0.15) is 13.2 Å². The minimum Gasteiger partial charge on any atom is -0.372 e. The van der Waals surface area contributed by atoms with Gasteiger partial charge >= 0.3 is 6.18 Å².